The van der Waals surface area contributed by atoms with Crippen molar-refractivity contribution in [2.24, 2.45) is 0 Å². The van der Waals surface area contributed by atoms with Crippen LogP contribution in [0.25, 0.3) is 0 Å². The number of benzene rings is 2. The Morgan fingerprint density at radius 3 is 2.35 bits per heavy atom. The van der Waals surface area contributed by atoms with Gasteiger partial charge in [-0.2, -0.15) is 0 Å². The predicted molar refractivity (Wildman–Crippen MR) is 97.2 cm³/mol. The minimum atomic E-state index is -3.62. The van der Waals surface area contributed by atoms with Gasteiger partial charge in [0.15, 0.2) is 6.10 Å². The third-order valence-corrected chi connectivity index (χ3v) is 5.67. The number of nitrogens with one attached hydrogen (secondary N) is 1. The van der Waals surface area contributed by atoms with Crippen molar-refractivity contribution in [2.75, 3.05) is 19.4 Å². The molecule has 6 nitrogen and oxygen atoms in total. The number of carbonyl (C=O) groups is 1. The van der Waals surface area contributed by atoms with Crippen molar-refractivity contribution >= 4 is 21.6 Å². The average Bonchev–Trinajstić information content (AvgIpc) is 2.58. The first kappa shape index (κ1) is 19.9. The molecule has 26 heavy (non-hydrogen) atoms. The monoisotopic (exact) mass is 380 g/mol. The summed E-state index contributed by atoms with van der Waals surface area (Å²) in [4.78, 5) is 12.4. The molecule has 0 radical (unpaired) electrons. The van der Waals surface area contributed by atoms with E-state index in [9.17, 15) is 17.6 Å². The Kier molecular flexibility index (Phi) is 5.99. The molecular formula is C18H21FN2O4S. The summed E-state index contributed by atoms with van der Waals surface area (Å²) in [6.07, 6.45) is -0.851. The van der Waals surface area contributed by atoms with Crippen LogP contribution in [0.2, 0.25) is 0 Å². The van der Waals surface area contributed by atoms with Gasteiger partial charge < -0.3 is 10.1 Å². The molecule has 140 valence electrons. The summed E-state index contributed by atoms with van der Waals surface area (Å²) in [6, 6.07) is 9.97. The highest BCUT2D eigenvalue weighted by Gasteiger charge is 2.21. The van der Waals surface area contributed by atoms with Gasteiger partial charge in [-0.25, -0.2) is 17.1 Å². The summed E-state index contributed by atoms with van der Waals surface area (Å²) in [5, 5.41) is 2.63. The first-order valence-corrected chi connectivity index (χ1v) is 9.31. The Bertz CT molecular complexity index is 896. The van der Waals surface area contributed by atoms with Crippen LogP contribution in [0.4, 0.5) is 10.1 Å². The summed E-state index contributed by atoms with van der Waals surface area (Å²) >= 11 is 0. The molecule has 0 aliphatic heterocycles. The highest BCUT2D eigenvalue weighted by Crippen LogP contribution is 2.23. The number of sulfonamides is 1. The molecule has 1 unspecified atom stereocenters. The summed E-state index contributed by atoms with van der Waals surface area (Å²) in [6.45, 7) is 3.23. The molecule has 0 bridgehead atoms. The van der Waals surface area contributed by atoms with Gasteiger partial charge in [0.05, 0.1) is 4.90 Å². The fraction of sp³-hybridized carbons (Fsp3) is 0.278. The highest BCUT2D eigenvalue weighted by molar-refractivity contribution is 7.89. The van der Waals surface area contributed by atoms with E-state index >= 15 is 0 Å². The predicted octanol–water partition coefficient (Wildman–Crippen LogP) is 2.79. The molecule has 2 rings (SSSR count). The standard InChI is InChI=1S/C18H21FN2O4S/c1-12-5-8-15(11-17(12)26(23,24)21(3)4)20-18(22)13(2)25-16-9-6-14(19)7-10-16/h5-11,13H,1-4H3,(H,20,22). The Morgan fingerprint density at radius 1 is 1.15 bits per heavy atom. The lowest BCUT2D eigenvalue weighted by atomic mass is 10.2. The zero-order chi connectivity index (χ0) is 19.5. The van der Waals surface area contributed by atoms with Gasteiger partial charge in [0.25, 0.3) is 5.91 Å². The number of halogens is 1. The first-order valence-electron chi connectivity index (χ1n) is 7.87. The van der Waals surface area contributed by atoms with E-state index in [1.807, 2.05) is 0 Å². The van der Waals surface area contributed by atoms with Crippen LogP contribution in [0.1, 0.15) is 12.5 Å². The topological polar surface area (TPSA) is 75.7 Å². The zero-order valence-corrected chi connectivity index (χ0v) is 15.8. The number of hydrogen-bond donors (Lipinski definition) is 1. The van der Waals surface area contributed by atoms with Gasteiger partial charge in [-0.15, -0.1) is 0 Å². The molecule has 0 fully saturated rings. The molecule has 0 saturated heterocycles. The smallest absolute Gasteiger partial charge is 0.265 e. The molecule has 0 aliphatic rings. The van der Waals surface area contributed by atoms with E-state index in [-0.39, 0.29) is 4.90 Å². The maximum atomic E-state index is 12.9. The molecule has 0 heterocycles. The first-order chi connectivity index (χ1) is 12.1. The molecule has 2 aromatic carbocycles. The van der Waals surface area contributed by atoms with Crippen molar-refractivity contribution in [3.63, 3.8) is 0 Å². The molecule has 0 aliphatic carbocycles. The minimum absolute atomic E-state index is 0.118. The van der Waals surface area contributed by atoms with Crippen LogP contribution in [-0.2, 0) is 14.8 Å². The fourth-order valence-corrected chi connectivity index (χ4v) is 3.31. The summed E-state index contributed by atoms with van der Waals surface area (Å²) in [7, 11) is -0.737. The maximum absolute atomic E-state index is 12.9. The Balaban J connectivity index is 2.15. The lowest BCUT2D eigenvalue weighted by Crippen LogP contribution is -2.30. The van der Waals surface area contributed by atoms with Crippen LogP contribution in [0.5, 0.6) is 5.75 Å². The van der Waals surface area contributed by atoms with Crippen LogP contribution in [0, 0.1) is 12.7 Å². The molecule has 1 atom stereocenters. The van der Waals surface area contributed by atoms with E-state index in [1.54, 1.807) is 26.0 Å². The second kappa shape index (κ2) is 7.84. The van der Waals surface area contributed by atoms with Crippen LogP contribution in [0.3, 0.4) is 0 Å². The number of amides is 1. The van der Waals surface area contributed by atoms with E-state index in [2.05, 4.69) is 5.32 Å². The molecule has 0 saturated carbocycles. The van der Waals surface area contributed by atoms with Gasteiger partial charge in [0.1, 0.15) is 11.6 Å². The fourth-order valence-electron chi connectivity index (χ4n) is 2.17. The quantitative estimate of drug-likeness (QED) is 0.836. The van der Waals surface area contributed by atoms with Crippen LogP contribution in [-0.4, -0.2) is 38.8 Å². The third kappa shape index (κ3) is 4.59. The van der Waals surface area contributed by atoms with Gasteiger partial charge in [0.2, 0.25) is 10.0 Å². The molecule has 0 aromatic heterocycles. The number of carbonyl (C=O) groups excluding carboxylic acids is 1. The van der Waals surface area contributed by atoms with Crippen LogP contribution in [0.15, 0.2) is 47.4 Å². The van der Waals surface area contributed by atoms with Crippen LogP contribution >= 0.6 is 0 Å². The molecular weight excluding hydrogens is 359 g/mol. The number of aryl methyl sites for hydroxylation is 1. The van der Waals surface area contributed by atoms with Crippen LogP contribution < -0.4 is 10.1 Å². The van der Waals surface area contributed by atoms with Gasteiger partial charge in [-0.1, -0.05) is 6.07 Å². The highest BCUT2D eigenvalue weighted by atomic mass is 32.2. The van der Waals surface area contributed by atoms with E-state index < -0.39 is 27.9 Å². The van der Waals surface area contributed by atoms with Crippen molar-refractivity contribution in [2.45, 2.75) is 24.8 Å². The maximum Gasteiger partial charge on any atom is 0.265 e. The Hall–Kier alpha value is -2.45. The van der Waals surface area contributed by atoms with Gasteiger partial charge in [0, 0.05) is 19.8 Å². The number of ether oxygens (including phenoxy) is 1. The summed E-state index contributed by atoms with van der Waals surface area (Å²) in [5.41, 5.74) is 0.919. The van der Waals surface area contributed by atoms with E-state index in [4.69, 9.17) is 4.74 Å². The molecule has 2 aromatic rings. The molecule has 0 spiro atoms. The second-order valence-corrected chi connectivity index (χ2v) is 8.09. The number of hydrogen-bond acceptors (Lipinski definition) is 4. The number of anilines is 1. The van der Waals surface area contributed by atoms with Crippen molar-refractivity contribution < 1.29 is 22.3 Å². The lowest BCUT2D eigenvalue weighted by Gasteiger charge is -2.17. The van der Waals surface area contributed by atoms with Crippen molar-refractivity contribution in [1.82, 2.24) is 4.31 Å². The van der Waals surface area contributed by atoms with E-state index in [0.717, 1.165) is 4.31 Å². The average molecular weight is 380 g/mol. The third-order valence-electron chi connectivity index (χ3n) is 3.71. The number of nitrogens with zero attached hydrogens (tertiary/aromatic N) is 1. The largest absolute Gasteiger partial charge is 0.481 e. The minimum Gasteiger partial charge on any atom is -0.481 e. The lowest BCUT2D eigenvalue weighted by molar-refractivity contribution is -0.122. The Morgan fingerprint density at radius 2 is 1.77 bits per heavy atom. The SMILES string of the molecule is Cc1ccc(NC(=O)C(C)Oc2ccc(F)cc2)cc1S(=O)(=O)N(C)C. The van der Waals surface area contributed by atoms with Gasteiger partial charge in [-0.05, 0) is 55.8 Å². The van der Waals surface area contributed by atoms with Crippen molar-refractivity contribution in [1.29, 1.82) is 0 Å². The Labute approximate surface area is 152 Å². The normalized spacial score (nSPS) is 12.7. The molecule has 8 heteroatoms. The van der Waals surface area contributed by atoms with E-state index in [1.165, 1.54) is 44.4 Å². The van der Waals surface area contributed by atoms with Gasteiger partial charge >= 0.3 is 0 Å². The summed E-state index contributed by atoms with van der Waals surface area (Å²) in [5.74, 6) is -0.496. The zero-order valence-electron chi connectivity index (χ0n) is 15.0. The van der Waals surface area contributed by atoms with Crippen molar-refractivity contribution in [3.05, 3.63) is 53.8 Å². The number of rotatable bonds is 6. The molecule has 1 amide bonds. The molecule has 1 N–H and O–H groups in total. The van der Waals surface area contributed by atoms with Crippen molar-refractivity contribution in [3.8, 4) is 5.75 Å². The van der Waals surface area contributed by atoms with Gasteiger partial charge in [-0.3, -0.25) is 4.79 Å². The van der Waals surface area contributed by atoms with E-state index in [0.29, 0.717) is 17.0 Å². The summed E-state index contributed by atoms with van der Waals surface area (Å²) < 4.78 is 44.2. The second-order valence-electron chi connectivity index (χ2n) is 5.97.